The Hall–Kier alpha value is -1.82. The molecule has 2 aromatic rings. The summed E-state index contributed by atoms with van der Waals surface area (Å²) in [4.78, 5) is 4.26. The molecule has 4 nitrogen and oxygen atoms in total. The highest BCUT2D eigenvalue weighted by atomic mass is 19.2. The van der Waals surface area contributed by atoms with Gasteiger partial charge in [0, 0.05) is 11.6 Å². The fourth-order valence-electron chi connectivity index (χ4n) is 2.15. The summed E-state index contributed by atoms with van der Waals surface area (Å²) in [6.45, 7) is 4.04. The van der Waals surface area contributed by atoms with Crippen molar-refractivity contribution in [2.45, 2.75) is 32.2 Å². The van der Waals surface area contributed by atoms with E-state index in [1.165, 1.54) is 6.07 Å². The highest BCUT2D eigenvalue weighted by molar-refractivity contribution is 5.54. The Bertz CT molecular complexity index is 582. The molecule has 2 atom stereocenters. The molecule has 0 radical (unpaired) electrons. The van der Waals surface area contributed by atoms with Crippen molar-refractivity contribution in [2.75, 3.05) is 7.05 Å². The van der Waals surface area contributed by atoms with Crippen LogP contribution in [0.25, 0.3) is 11.4 Å². The van der Waals surface area contributed by atoms with Crippen molar-refractivity contribution in [2.24, 2.45) is 0 Å². The number of rotatable bonds is 5. The van der Waals surface area contributed by atoms with Gasteiger partial charge in [-0.3, -0.25) is 0 Å². The van der Waals surface area contributed by atoms with Crippen LogP contribution in [0.1, 0.15) is 32.1 Å². The lowest BCUT2D eigenvalue weighted by Crippen LogP contribution is -2.30. The minimum absolute atomic E-state index is 0.0385. The van der Waals surface area contributed by atoms with Gasteiger partial charge in [-0.2, -0.15) is 4.98 Å². The van der Waals surface area contributed by atoms with Crippen LogP contribution < -0.4 is 5.32 Å². The average Bonchev–Trinajstić information content (AvgIpc) is 2.93. The van der Waals surface area contributed by atoms with Crippen molar-refractivity contribution in [3.63, 3.8) is 0 Å². The largest absolute Gasteiger partial charge is 0.339 e. The molecule has 0 amide bonds. The van der Waals surface area contributed by atoms with Crippen molar-refractivity contribution >= 4 is 0 Å². The molecule has 2 rings (SSSR count). The Morgan fingerprint density at radius 1 is 1.30 bits per heavy atom. The van der Waals surface area contributed by atoms with Gasteiger partial charge in [-0.1, -0.05) is 19.0 Å². The summed E-state index contributed by atoms with van der Waals surface area (Å²) >= 11 is 0. The Kier molecular flexibility index (Phi) is 4.44. The van der Waals surface area contributed by atoms with Crippen LogP contribution in [-0.4, -0.2) is 23.2 Å². The Morgan fingerprint density at radius 2 is 2.05 bits per heavy atom. The molecule has 0 bridgehead atoms. The van der Waals surface area contributed by atoms with Gasteiger partial charge >= 0.3 is 0 Å². The second-order valence-electron chi connectivity index (χ2n) is 4.68. The molecule has 1 heterocycles. The van der Waals surface area contributed by atoms with Gasteiger partial charge < -0.3 is 9.84 Å². The number of benzene rings is 1. The van der Waals surface area contributed by atoms with Crippen LogP contribution in [0.2, 0.25) is 0 Å². The lowest BCUT2D eigenvalue weighted by atomic mass is 10.00. The van der Waals surface area contributed by atoms with E-state index < -0.39 is 11.6 Å². The van der Waals surface area contributed by atoms with E-state index in [-0.39, 0.29) is 17.8 Å². The first-order valence-corrected chi connectivity index (χ1v) is 6.53. The molecule has 20 heavy (non-hydrogen) atoms. The molecule has 108 valence electrons. The van der Waals surface area contributed by atoms with Gasteiger partial charge in [0.1, 0.15) is 0 Å². The molecular formula is C14H17F2N3O. The number of nitrogens with one attached hydrogen (secondary N) is 1. The average molecular weight is 281 g/mol. The molecule has 0 saturated carbocycles. The summed E-state index contributed by atoms with van der Waals surface area (Å²) in [6, 6.07) is 3.75. The van der Waals surface area contributed by atoms with Crippen LogP contribution in [-0.2, 0) is 0 Å². The van der Waals surface area contributed by atoms with Crippen molar-refractivity contribution in [1.29, 1.82) is 0 Å². The molecule has 1 aromatic heterocycles. The Labute approximate surface area is 116 Å². The number of hydrogen-bond acceptors (Lipinski definition) is 4. The number of halogens is 2. The van der Waals surface area contributed by atoms with E-state index in [1.54, 1.807) is 0 Å². The minimum atomic E-state index is -0.927. The quantitative estimate of drug-likeness (QED) is 0.915. The minimum Gasteiger partial charge on any atom is -0.339 e. The molecular weight excluding hydrogens is 264 g/mol. The number of hydrogen-bond donors (Lipinski definition) is 1. The molecule has 0 aliphatic heterocycles. The van der Waals surface area contributed by atoms with Gasteiger partial charge in [0.15, 0.2) is 11.6 Å². The summed E-state index contributed by atoms with van der Waals surface area (Å²) < 4.78 is 31.3. The molecule has 1 aromatic carbocycles. The third-order valence-corrected chi connectivity index (χ3v) is 3.42. The van der Waals surface area contributed by atoms with E-state index in [2.05, 4.69) is 22.4 Å². The molecule has 0 aliphatic carbocycles. The molecule has 0 spiro atoms. The molecule has 2 unspecified atom stereocenters. The summed E-state index contributed by atoms with van der Waals surface area (Å²) in [5.41, 5.74) is 0.392. The van der Waals surface area contributed by atoms with Crippen molar-refractivity contribution in [3.8, 4) is 11.4 Å². The standard InChI is InChI=1S/C14H17F2N3O/c1-4-12(17-3)8(2)14-18-13(19-20-14)9-5-6-10(15)11(16)7-9/h5-8,12,17H,4H2,1-3H3. The first kappa shape index (κ1) is 14.6. The first-order chi connectivity index (χ1) is 9.56. The van der Waals surface area contributed by atoms with Crippen LogP contribution in [0.4, 0.5) is 8.78 Å². The summed E-state index contributed by atoms with van der Waals surface area (Å²) in [5, 5.41) is 7.00. The van der Waals surface area contributed by atoms with Crippen LogP contribution in [0.15, 0.2) is 22.7 Å². The van der Waals surface area contributed by atoms with E-state index >= 15 is 0 Å². The monoisotopic (exact) mass is 281 g/mol. The van der Waals surface area contributed by atoms with E-state index in [1.807, 2.05) is 14.0 Å². The maximum Gasteiger partial charge on any atom is 0.231 e. The van der Waals surface area contributed by atoms with Crippen LogP contribution >= 0.6 is 0 Å². The molecule has 0 saturated heterocycles. The molecule has 1 N–H and O–H groups in total. The molecule has 6 heteroatoms. The smallest absolute Gasteiger partial charge is 0.231 e. The Balaban J connectivity index is 2.26. The van der Waals surface area contributed by atoms with Crippen LogP contribution in [0.3, 0.4) is 0 Å². The predicted octanol–water partition coefficient (Wildman–Crippen LogP) is 3.12. The maximum atomic E-state index is 13.2. The third-order valence-electron chi connectivity index (χ3n) is 3.42. The third kappa shape index (κ3) is 2.85. The summed E-state index contributed by atoms with van der Waals surface area (Å²) in [6.07, 6.45) is 0.917. The van der Waals surface area contributed by atoms with Gasteiger partial charge in [-0.25, -0.2) is 8.78 Å². The normalized spacial score (nSPS) is 14.2. The second-order valence-corrected chi connectivity index (χ2v) is 4.68. The van der Waals surface area contributed by atoms with Crippen LogP contribution in [0, 0.1) is 11.6 Å². The van der Waals surface area contributed by atoms with Crippen molar-refractivity contribution in [3.05, 3.63) is 35.7 Å². The van der Waals surface area contributed by atoms with Gasteiger partial charge in [-0.05, 0) is 31.7 Å². The maximum absolute atomic E-state index is 13.2. The van der Waals surface area contributed by atoms with Gasteiger partial charge in [0.2, 0.25) is 11.7 Å². The Morgan fingerprint density at radius 3 is 2.65 bits per heavy atom. The molecule has 0 aliphatic rings. The zero-order chi connectivity index (χ0) is 14.7. The van der Waals surface area contributed by atoms with Gasteiger partial charge in [0.05, 0.1) is 5.92 Å². The zero-order valence-corrected chi connectivity index (χ0v) is 11.7. The topological polar surface area (TPSA) is 51.0 Å². The van der Waals surface area contributed by atoms with Crippen molar-refractivity contribution in [1.82, 2.24) is 15.5 Å². The lowest BCUT2D eigenvalue weighted by molar-refractivity contribution is 0.326. The number of likely N-dealkylation sites (N-methyl/N-ethyl adjacent to an activating group) is 1. The summed E-state index contributed by atoms with van der Waals surface area (Å²) in [5.74, 6) is -1.05. The SMILES string of the molecule is CCC(NC)C(C)c1nc(-c2ccc(F)c(F)c2)no1. The first-order valence-electron chi connectivity index (χ1n) is 6.53. The van der Waals surface area contributed by atoms with E-state index in [0.29, 0.717) is 11.5 Å². The van der Waals surface area contributed by atoms with E-state index in [0.717, 1.165) is 18.6 Å². The number of nitrogens with zero attached hydrogens (tertiary/aromatic N) is 2. The van der Waals surface area contributed by atoms with Crippen molar-refractivity contribution < 1.29 is 13.3 Å². The van der Waals surface area contributed by atoms with E-state index in [9.17, 15) is 8.78 Å². The zero-order valence-electron chi connectivity index (χ0n) is 11.7. The van der Waals surface area contributed by atoms with Crippen LogP contribution in [0.5, 0.6) is 0 Å². The molecule has 0 fully saturated rings. The summed E-state index contributed by atoms with van der Waals surface area (Å²) in [7, 11) is 1.87. The van der Waals surface area contributed by atoms with E-state index in [4.69, 9.17) is 4.52 Å². The highest BCUT2D eigenvalue weighted by Crippen LogP contribution is 2.24. The predicted molar refractivity (Wildman–Crippen MR) is 71.2 cm³/mol. The van der Waals surface area contributed by atoms with Gasteiger partial charge in [-0.15, -0.1) is 0 Å². The fourth-order valence-corrected chi connectivity index (χ4v) is 2.15. The number of aromatic nitrogens is 2. The highest BCUT2D eigenvalue weighted by Gasteiger charge is 2.22. The lowest BCUT2D eigenvalue weighted by Gasteiger charge is -2.18. The van der Waals surface area contributed by atoms with Gasteiger partial charge in [0.25, 0.3) is 0 Å². The second kappa shape index (κ2) is 6.09. The fraction of sp³-hybridized carbons (Fsp3) is 0.429.